The van der Waals surface area contributed by atoms with Gasteiger partial charge < -0.3 is 24.4 Å². The number of halogens is 1. The maximum Gasteiger partial charge on any atom is 0.317 e. The van der Waals surface area contributed by atoms with Crippen molar-refractivity contribution in [3.8, 4) is 17.2 Å². The lowest BCUT2D eigenvalue weighted by atomic mass is 9.99. The van der Waals surface area contributed by atoms with Crippen molar-refractivity contribution in [1.29, 1.82) is 0 Å². The molecule has 6 nitrogen and oxygen atoms in total. The van der Waals surface area contributed by atoms with Crippen LogP contribution >= 0.6 is 0 Å². The molecule has 28 heavy (non-hydrogen) atoms. The summed E-state index contributed by atoms with van der Waals surface area (Å²) >= 11 is 0. The smallest absolute Gasteiger partial charge is 0.317 e. The van der Waals surface area contributed by atoms with Gasteiger partial charge in [-0.25, -0.2) is 9.18 Å². The molecule has 0 aliphatic carbocycles. The van der Waals surface area contributed by atoms with Gasteiger partial charge >= 0.3 is 6.03 Å². The number of ether oxygens (including phenoxy) is 3. The highest BCUT2D eigenvalue weighted by Gasteiger charge is 2.22. The molecule has 0 atom stereocenters. The molecular weight excluding hydrogens is 363 g/mol. The maximum absolute atomic E-state index is 12.8. The van der Waals surface area contributed by atoms with Crippen LogP contribution < -0.4 is 19.5 Å². The predicted molar refractivity (Wildman–Crippen MR) is 104 cm³/mol. The average Bonchev–Trinajstić information content (AvgIpc) is 2.73. The average molecular weight is 388 g/mol. The zero-order chi connectivity index (χ0) is 19.9. The lowest BCUT2D eigenvalue weighted by Crippen LogP contribution is -2.43. The topological polar surface area (TPSA) is 60.0 Å². The van der Waals surface area contributed by atoms with Gasteiger partial charge in [-0.05, 0) is 60.4 Å². The van der Waals surface area contributed by atoms with E-state index in [0.717, 1.165) is 12.0 Å². The Labute approximate surface area is 164 Å². The molecule has 0 fully saturated rings. The van der Waals surface area contributed by atoms with Gasteiger partial charge in [-0.2, -0.15) is 0 Å². The lowest BCUT2D eigenvalue weighted by Gasteiger charge is -2.29. The molecule has 2 aromatic carbocycles. The number of carbonyl (C=O) groups is 1. The normalized spacial score (nSPS) is 12.9. The summed E-state index contributed by atoms with van der Waals surface area (Å²) in [7, 11) is 3.22. The highest BCUT2D eigenvalue weighted by Crippen LogP contribution is 2.33. The van der Waals surface area contributed by atoms with Crippen molar-refractivity contribution in [3.63, 3.8) is 0 Å². The Morgan fingerprint density at radius 3 is 2.46 bits per heavy atom. The molecule has 0 aromatic heterocycles. The summed E-state index contributed by atoms with van der Waals surface area (Å²) in [5.41, 5.74) is 2.24. The van der Waals surface area contributed by atoms with Crippen LogP contribution in [0.4, 0.5) is 9.18 Å². The molecule has 0 unspecified atom stereocenters. The summed E-state index contributed by atoms with van der Waals surface area (Å²) in [6.45, 7) is 2.15. The highest BCUT2D eigenvalue weighted by molar-refractivity contribution is 5.74. The van der Waals surface area contributed by atoms with Crippen LogP contribution in [-0.4, -0.2) is 44.8 Å². The Morgan fingerprint density at radius 2 is 1.79 bits per heavy atom. The Bertz CT molecular complexity index is 811. The van der Waals surface area contributed by atoms with E-state index in [4.69, 9.17) is 14.2 Å². The van der Waals surface area contributed by atoms with E-state index in [2.05, 4.69) is 5.32 Å². The third-order valence-corrected chi connectivity index (χ3v) is 4.68. The summed E-state index contributed by atoms with van der Waals surface area (Å²) in [6.07, 6.45) is 1.44. The van der Waals surface area contributed by atoms with Crippen molar-refractivity contribution in [3.05, 3.63) is 53.3 Å². The summed E-state index contributed by atoms with van der Waals surface area (Å²) in [4.78, 5) is 14.2. The summed E-state index contributed by atoms with van der Waals surface area (Å²) in [5.74, 6) is 1.70. The number of fused-ring (bicyclic) bond motifs is 1. The Morgan fingerprint density at radius 1 is 1.11 bits per heavy atom. The molecule has 2 aromatic rings. The van der Waals surface area contributed by atoms with Gasteiger partial charge in [0, 0.05) is 19.6 Å². The van der Waals surface area contributed by atoms with Gasteiger partial charge in [0.15, 0.2) is 11.5 Å². The van der Waals surface area contributed by atoms with Crippen LogP contribution in [0.1, 0.15) is 17.5 Å². The molecule has 3 rings (SSSR count). The van der Waals surface area contributed by atoms with Crippen LogP contribution in [0.5, 0.6) is 17.2 Å². The molecule has 2 amide bonds. The van der Waals surface area contributed by atoms with E-state index in [1.54, 1.807) is 31.3 Å². The van der Waals surface area contributed by atoms with E-state index in [1.807, 2.05) is 12.1 Å². The number of nitrogens with zero attached hydrogens (tertiary/aromatic N) is 1. The molecule has 0 bridgehead atoms. The minimum atomic E-state index is -0.293. The van der Waals surface area contributed by atoms with Crippen LogP contribution in [0, 0.1) is 5.82 Å². The quantitative estimate of drug-likeness (QED) is 0.739. The Balaban J connectivity index is 1.45. The number of carbonyl (C=O) groups excluding carboxylic acids is 1. The van der Waals surface area contributed by atoms with Gasteiger partial charge in [0.1, 0.15) is 11.6 Å². The molecule has 0 radical (unpaired) electrons. The van der Waals surface area contributed by atoms with Gasteiger partial charge in [0.05, 0.1) is 20.8 Å². The predicted octanol–water partition coefficient (Wildman–Crippen LogP) is 3.38. The van der Waals surface area contributed by atoms with Crippen molar-refractivity contribution in [2.45, 2.75) is 19.4 Å². The molecule has 150 valence electrons. The summed E-state index contributed by atoms with van der Waals surface area (Å²) in [6, 6.07) is 9.71. The van der Waals surface area contributed by atoms with Gasteiger partial charge in [0.2, 0.25) is 0 Å². The van der Waals surface area contributed by atoms with E-state index in [1.165, 1.54) is 17.7 Å². The van der Waals surface area contributed by atoms with E-state index >= 15 is 0 Å². The van der Waals surface area contributed by atoms with Crippen LogP contribution in [0.2, 0.25) is 0 Å². The van der Waals surface area contributed by atoms with E-state index in [-0.39, 0.29) is 11.8 Å². The van der Waals surface area contributed by atoms with Crippen LogP contribution in [-0.2, 0) is 13.0 Å². The van der Waals surface area contributed by atoms with E-state index in [9.17, 15) is 9.18 Å². The van der Waals surface area contributed by atoms with Crippen LogP contribution in [0.3, 0.4) is 0 Å². The first kappa shape index (κ1) is 19.8. The minimum Gasteiger partial charge on any atom is -0.494 e. The number of benzene rings is 2. The molecule has 1 heterocycles. The zero-order valence-corrected chi connectivity index (χ0v) is 16.2. The molecular formula is C21H25FN2O4. The highest BCUT2D eigenvalue weighted by atomic mass is 19.1. The minimum absolute atomic E-state index is 0.0952. The summed E-state index contributed by atoms with van der Waals surface area (Å²) < 4.78 is 29.1. The number of methoxy groups -OCH3 is 2. The maximum atomic E-state index is 12.8. The fraction of sp³-hybridized carbons (Fsp3) is 0.381. The third-order valence-electron chi connectivity index (χ3n) is 4.68. The monoisotopic (exact) mass is 388 g/mol. The zero-order valence-electron chi connectivity index (χ0n) is 16.2. The molecule has 0 saturated heterocycles. The van der Waals surface area contributed by atoms with Crippen molar-refractivity contribution < 1.29 is 23.4 Å². The first-order chi connectivity index (χ1) is 13.6. The van der Waals surface area contributed by atoms with Crippen LogP contribution in [0.25, 0.3) is 0 Å². The second-order valence-corrected chi connectivity index (χ2v) is 6.54. The van der Waals surface area contributed by atoms with Crippen LogP contribution in [0.15, 0.2) is 36.4 Å². The molecule has 7 heteroatoms. The second-order valence-electron chi connectivity index (χ2n) is 6.54. The Kier molecular flexibility index (Phi) is 6.57. The lowest BCUT2D eigenvalue weighted by molar-refractivity contribution is 0.191. The first-order valence-corrected chi connectivity index (χ1v) is 9.25. The van der Waals surface area contributed by atoms with Gasteiger partial charge in [-0.1, -0.05) is 0 Å². The van der Waals surface area contributed by atoms with Crippen molar-refractivity contribution in [2.24, 2.45) is 0 Å². The third kappa shape index (κ3) is 4.85. The fourth-order valence-corrected chi connectivity index (χ4v) is 3.16. The second kappa shape index (κ2) is 9.30. The number of urea groups is 1. The summed E-state index contributed by atoms with van der Waals surface area (Å²) in [5, 5.41) is 2.92. The van der Waals surface area contributed by atoms with E-state index < -0.39 is 0 Å². The van der Waals surface area contributed by atoms with Crippen molar-refractivity contribution in [1.82, 2.24) is 10.2 Å². The molecule has 1 aliphatic heterocycles. The number of nitrogens with one attached hydrogen (secondary N) is 1. The number of hydrogen-bond donors (Lipinski definition) is 1. The van der Waals surface area contributed by atoms with Crippen molar-refractivity contribution >= 4 is 6.03 Å². The molecule has 0 spiro atoms. The fourth-order valence-electron chi connectivity index (χ4n) is 3.16. The van der Waals surface area contributed by atoms with Gasteiger partial charge in [0.25, 0.3) is 0 Å². The Hall–Kier alpha value is -2.96. The van der Waals surface area contributed by atoms with Gasteiger partial charge in [-0.15, -0.1) is 0 Å². The van der Waals surface area contributed by atoms with E-state index in [0.29, 0.717) is 49.9 Å². The molecule has 0 saturated carbocycles. The number of rotatable bonds is 7. The van der Waals surface area contributed by atoms with Gasteiger partial charge in [-0.3, -0.25) is 0 Å². The van der Waals surface area contributed by atoms with Crippen molar-refractivity contribution in [2.75, 3.05) is 33.9 Å². The first-order valence-electron chi connectivity index (χ1n) is 9.25. The number of amides is 2. The largest absolute Gasteiger partial charge is 0.494 e. The standard InChI is InChI=1S/C21H25FN2O4/c1-26-19-12-15-8-10-24(14-16(15)13-20(19)27-2)21(25)23-9-3-11-28-18-6-4-17(22)5-7-18/h4-7,12-13H,3,8-11,14H2,1-2H3,(H,23,25). The molecule has 1 aliphatic rings. The SMILES string of the molecule is COc1cc2c(cc1OC)CN(C(=O)NCCCOc1ccc(F)cc1)CC2. The molecule has 1 N–H and O–H groups in total. The number of hydrogen-bond acceptors (Lipinski definition) is 4.